The molecule has 0 bridgehead atoms. The Labute approximate surface area is 112 Å². The average molecular weight is 267 g/mol. The molecule has 2 unspecified atom stereocenters. The van der Waals surface area contributed by atoms with Gasteiger partial charge in [0.1, 0.15) is 0 Å². The number of rotatable bonds is 3. The lowest BCUT2D eigenvalue weighted by molar-refractivity contribution is 0.461. The number of nitrogens with zero attached hydrogens (tertiary/aromatic N) is 4. The summed E-state index contributed by atoms with van der Waals surface area (Å²) in [5.41, 5.74) is 6.31. The van der Waals surface area contributed by atoms with Gasteiger partial charge in [-0.15, -0.1) is 5.10 Å². The van der Waals surface area contributed by atoms with Crippen molar-refractivity contribution in [2.75, 3.05) is 0 Å². The van der Waals surface area contributed by atoms with Gasteiger partial charge in [-0.05, 0) is 36.1 Å². The van der Waals surface area contributed by atoms with Crippen LogP contribution in [0.2, 0.25) is 0 Å². The van der Waals surface area contributed by atoms with Gasteiger partial charge in [0.15, 0.2) is 0 Å². The van der Waals surface area contributed by atoms with E-state index < -0.39 is 0 Å². The molecular weight excluding hydrogens is 246 g/mol. The van der Waals surface area contributed by atoms with Gasteiger partial charge in [0.25, 0.3) is 0 Å². The van der Waals surface area contributed by atoms with Crippen LogP contribution in [0, 0.1) is 0 Å². The van der Waals surface area contributed by atoms with E-state index in [1.807, 2.05) is 4.68 Å². The van der Waals surface area contributed by atoms with Crippen molar-refractivity contribution in [3.8, 4) is 0 Å². The molecule has 100 valence electrons. The first-order chi connectivity index (χ1) is 8.84. The first-order valence-corrected chi connectivity index (χ1v) is 7.92. The molecule has 2 aliphatic carbocycles. The zero-order chi connectivity index (χ0) is 12.4. The van der Waals surface area contributed by atoms with E-state index in [-0.39, 0.29) is 0 Å². The van der Waals surface area contributed by atoms with Crippen LogP contribution in [0.1, 0.15) is 57.4 Å². The quantitative estimate of drug-likeness (QED) is 0.908. The molecular formula is C12H21N5S. The molecule has 2 atom stereocenters. The van der Waals surface area contributed by atoms with Crippen LogP contribution in [0.5, 0.6) is 0 Å². The molecule has 0 aliphatic heterocycles. The summed E-state index contributed by atoms with van der Waals surface area (Å²) in [5.74, 6) is 0. The molecule has 0 amide bonds. The van der Waals surface area contributed by atoms with E-state index in [9.17, 15) is 0 Å². The third kappa shape index (κ3) is 2.85. The van der Waals surface area contributed by atoms with Gasteiger partial charge in [-0.3, -0.25) is 0 Å². The fourth-order valence-corrected chi connectivity index (χ4v) is 3.82. The number of hydrogen-bond donors (Lipinski definition) is 1. The van der Waals surface area contributed by atoms with Crippen LogP contribution >= 0.6 is 11.8 Å². The maximum Gasteiger partial charge on any atom is 0.209 e. The highest BCUT2D eigenvalue weighted by Crippen LogP contribution is 2.38. The number of tetrazole rings is 1. The van der Waals surface area contributed by atoms with Crippen molar-refractivity contribution in [2.45, 2.75) is 73.9 Å². The lowest BCUT2D eigenvalue weighted by atomic mass is 9.97. The predicted octanol–water partition coefficient (Wildman–Crippen LogP) is 2.15. The van der Waals surface area contributed by atoms with Crippen molar-refractivity contribution in [2.24, 2.45) is 5.73 Å². The van der Waals surface area contributed by atoms with Crippen molar-refractivity contribution in [3.05, 3.63) is 0 Å². The van der Waals surface area contributed by atoms with Crippen LogP contribution in [0.4, 0.5) is 0 Å². The van der Waals surface area contributed by atoms with Crippen LogP contribution < -0.4 is 5.73 Å². The van der Waals surface area contributed by atoms with Gasteiger partial charge in [-0.25, -0.2) is 4.68 Å². The van der Waals surface area contributed by atoms with E-state index in [0.717, 1.165) is 11.6 Å². The van der Waals surface area contributed by atoms with Crippen molar-refractivity contribution < 1.29 is 0 Å². The van der Waals surface area contributed by atoms with Crippen molar-refractivity contribution in [1.82, 2.24) is 20.2 Å². The Morgan fingerprint density at radius 3 is 2.61 bits per heavy atom. The minimum atomic E-state index is 0.291. The summed E-state index contributed by atoms with van der Waals surface area (Å²) in [6.07, 6.45) is 10.0. The SMILES string of the molecule is NC1CCCCCCC1Sc1nnnn1C1CC1. The van der Waals surface area contributed by atoms with E-state index in [4.69, 9.17) is 5.73 Å². The highest BCUT2D eigenvalue weighted by molar-refractivity contribution is 7.99. The Balaban J connectivity index is 1.67. The fraction of sp³-hybridized carbons (Fsp3) is 0.917. The average Bonchev–Trinajstić information content (AvgIpc) is 3.09. The third-order valence-corrected chi connectivity index (χ3v) is 5.23. The molecule has 2 N–H and O–H groups in total. The van der Waals surface area contributed by atoms with Crippen LogP contribution in [0.3, 0.4) is 0 Å². The molecule has 1 heterocycles. The third-order valence-electron chi connectivity index (χ3n) is 3.87. The van der Waals surface area contributed by atoms with Crippen LogP contribution in [0.25, 0.3) is 0 Å². The predicted molar refractivity (Wildman–Crippen MR) is 71.4 cm³/mol. The molecule has 1 aromatic rings. The zero-order valence-corrected chi connectivity index (χ0v) is 11.5. The van der Waals surface area contributed by atoms with E-state index >= 15 is 0 Å². The summed E-state index contributed by atoms with van der Waals surface area (Å²) in [6.45, 7) is 0. The fourth-order valence-electron chi connectivity index (χ4n) is 2.57. The normalized spacial score (nSPS) is 29.8. The highest BCUT2D eigenvalue weighted by atomic mass is 32.2. The van der Waals surface area contributed by atoms with Gasteiger partial charge in [0.05, 0.1) is 6.04 Å². The Hall–Kier alpha value is -0.620. The summed E-state index contributed by atoms with van der Waals surface area (Å²) in [7, 11) is 0. The second-order valence-electron chi connectivity index (χ2n) is 5.45. The van der Waals surface area contributed by atoms with Gasteiger partial charge in [-0.1, -0.05) is 37.4 Å². The summed E-state index contributed by atoms with van der Waals surface area (Å²) in [4.78, 5) is 0. The monoisotopic (exact) mass is 267 g/mol. The Bertz CT molecular complexity index is 390. The Kier molecular flexibility index (Phi) is 3.84. The molecule has 0 aromatic carbocycles. The van der Waals surface area contributed by atoms with Gasteiger partial charge < -0.3 is 5.73 Å². The minimum Gasteiger partial charge on any atom is -0.327 e. The van der Waals surface area contributed by atoms with Crippen LogP contribution in [-0.4, -0.2) is 31.5 Å². The highest BCUT2D eigenvalue weighted by Gasteiger charge is 2.30. The molecule has 0 saturated heterocycles. The summed E-state index contributed by atoms with van der Waals surface area (Å²) >= 11 is 1.80. The van der Waals surface area contributed by atoms with E-state index in [1.165, 1.54) is 44.9 Å². The van der Waals surface area contributed by atoms with E-state index in [2.05, 4.69) is 15.5 Å². The minimum absolute atomic E-state index is 0.291. The molecule has 2 fully saturated rings. The molecule has 6 heteroatoms. The second kappa shape index (κ2) is 5.57. The standard InChI is InChI=1S/C12H21N5S/c13-10-5-3-1-2-4-6-11(10)18-12-14-15-16-17(12)9-7-8-9/h9-11H,1-8,13H2. The molecule has 0 spiro atoms. The number of thioether (sulfide) groups is 1. The van der Waals surface area contributed by atoms with Crippen molar-refractivity contribution in [1.29, 1.82) is 0 Å². The smallest absolute Gasteiger partial charge is 0.209 e. The first kappa shape index (κ1) is 12.4. The van der Waals surface area contributed by atoms with Crippen molar-refractivity contribution >= 4 is 11.8 Å². The molecule has 0 radical (unpaired) electrons. The summed E-state index contributed by atoms with van der Waals surface area (Å²) < 4.78 is 2.00. The zero-order valence-electron chi connectivity index (χ0n) is 10.7. The molecule has 1 aromatic heterocycles. The van der Waals surface area contributed by atoms with Gasteiger partial charge >= 0.3 is 0 Å². The molecule has 18 heavy (non-hydrogen) atoms. The van der Waals surface area contributed by atoms with E-state index in [0.29, 0.717) is 17.3 Å². The largest absolute Gasteiger partial charge is 0.327 e. The lowest BCUT2D eigenvalue weighted by Crippen LogP contribution is -2.33. The molecule has 2 saturated carbocycles. The van der Waals surface area contributed by atoms with Crippen molar-refractivity contribution in [3.63, 3.8) is 0 Å². The van der Waals surface area contributed by atoms with Crippen LogP contribution in [-0.2, 0) is 0 Å². The number of aromatic nitrogens is 4. The van der Waals surface area contributed by atoms with Gasteiger partial charge in [0, 0.05) is 11.3 Å². The van der Waals surface area contributed by atoms with Crippen LogP contribution in [0.15, 0.2) is 5.16 Å². The molecule has 2 aliphatic rings. The maximum atomic E-state index is 6.31. The maximum absolute atomic E-state index is 6.31. The first-order valence-electron chi connectivity index (χ1n) is 7.04. The van der Waals surface area contributed by atoms with Gasteiger partial charge in [-0.2, -0.15) is 0 Å². The van der Waals surface area contributed by atoms with E-state index in [1.54, 1.807) is 11.8 Å². The summed E-state index contributed by atoms with van der Waals surface area (Å²) in [5, 5.41) is 13.5. The Morgan fingerprint density at radius 1 is 1.06 bits per heavy atom. The topological polar surface area (TPSA) is 69.6 Å². The van der Waals surface area contributed by atoms with Gasteiger partial charge in [0.2, 0.25) is 5.16 Å². The number of hydrogen-bond acceptors (Lipinski definition) is 5. The Morgan fingerprint density at radius 2 is 1.83 bits per heavy atom. The lowest BCUT2D eigenvalue weighted by Gasteiger charge is -2.25. The molecule has 3 rings (SSSR count). The second-order valence-corrected chi connectivity index (χ2v) is 6.66. The summed E-state index contributed by atoms with van der Waals surface area (Å²) in [6, 6.07) is 0.840. The molecule has 5 nitrogen and oxygen atoms in total. The number of nitrogens with two attached hydrogens (primary N) is 1.